The second-order valence-corrected chi connectivity index (χ2v) is 9.55. The topological polar surface area (TPSA) is 114 Å². The molecule has 0 bridgehead atoms. The lowest BCUT2D eigenvalue weighted by Crippen LogP contribution is -2.10. The average Bonchev–Trinajstić information content (AvgIpc) is 2.93. The first-order valence-corrected chi connectivity index (χ1v) is 12.8. The van der Waals surface area contributed by atoms with Crippen LogP contribution in [-0.2, 0) is 19.2 Å². The molecular formula is C34H30O9. The lowest BCUT2D eigenvalue weighted by Gasteiger charge is -2.18. The molecule has 3 aromatic carbocycles. The Hall–Kier alpha value is -5.70. The number of benzene rings is 3. The maximum atomic E-state index is 12.7. The Morgan fingerprint density at radius 3 is 1.53 bits per heavy atom. The molecule has 9 heteroatoms. The third kappa shape index (κ3) is 8.17. The zero-order valence-electron chi connectivity index (χ0n) is 24.3. The first-order chi connectivity index (χ1) is 20.3. The van der Waals surface area contributed by atoms with E-state index < -0.39 is 17.9 Å². The van der Waals surface area contributed by atoms with Gasteiger partial charge in [0.05, 0.1) is 5.76 Å². The summed E-state index contributed by atoms with van der Waals surface area (Å²) in [6.07, 6.45) is 0. The van der Waals surface area contributed by atoms with Gasteiger partial charge < -0.3 is 23.7 Å². The van der Waals surface area contributed by atoms with Crippen molar-refractivity contribution in [2.24, 2.45) is 0 Å². The van der Waals surface area contributed by atoms with Crippen LogP contribution in [0.25, 0.3) is 22.3 Å². The molecule has 0 aliphatic carbocycles. The molecule has 43 heavy (non-hydrogen) atoms. The van der Waals surface area contributed by atoms with Crippen molar-refractivity contribution >= 4 is 24.4 Å². The molecule has 0 fully saturated rings. The predicted octanol–water partition coefficient (Wildman–Crippen LogP) is 6.91. The molecule has 0 aliphatic heterocycles. The van der Waals surface area contributed by atoms with Crippen molar-refractivity contribution in [2.75, 3.05) is 0 Å². The molecule has 0 spiro atoms. The lowest BCUT2D eigenvalue weighted by atomic mass is 9.97. The van der Waals surface area contributed by atoms with Gasteiger partial charge >= 0.3 is 17.9 Å². The van der Waals surface area contributed by atoms with E-state index in [9.17, 15) is 19.2 Å². The van der Waals surface area contributed by atoms with Crippen molar-refractivity contribution < 1.29 is 42.9 Å². The summed E-state index contributed by atoms with van der Waals surface area (Å²) in [4.78, 5) is 48.1. The summed E-state index contributed by atoms with van der Waals surface area (Å²) in [5, 5.41) is 0. The van der Waals surface area contributed by atoms with Gasteiger partial charge in [0, 0.05) is 45.5 Å². The Bertz CT molecular complexity index is 1680. The Morgan fingerprint density at radius 2 is 1.00 bits per heavy atom. The standard InChI is InChI=1S/C34H30O9/c1-19(2)32(36)41-25-11-14-28(31(17-25)40-22(7)8)27-12-9-23(15-29(27)42-33(37)20(3)4)26-13-10-24(39-18-35)16-30(26)43-34(38)21(5)6/h9-18H,1,3,5,7H2,2,4,6,8H3. The fraction of sp³-hybridized carbons (Fsp3) is 0.118. The Morgan fingerprint density at radius 1 is 0.558 bits per heavy atom. The second-order valence-electron chi connectivity index (χ2n) is 9.55. The fourth-order valence-electron chi connectivity index (χ4n) is 3.58. The van der Waals surface area contributed by atoms with Crippen LogP contribution in [0.4, 0.5) is 0 Å². The van der Waals surface area contributed by atoms with Crippen LogP contribution < -0.4 is 23.7 Å². The van der Waals surface area contributed by atoms with E-state index in [0.29, 0.717) is 28.0 Å². The van der Waals surface area contributed by atoms with E-state index in [0.717, 1.165) is 0 Å². The summed E-state index contributed by atoms with van der Waals surface area (Å²) in [5.41, 5.74) is 2.36. The smallest absolute Gasteiger partial charge is 0.338 e. The van der Waals surface area contributed by atoms with E-state index in [1.807, 2.05) is 0 Å². The maximum Gasteiger partial charge on any atom is 0.338 e. The molecule has 0 aromatic heterocycles. The van der Waals surface area contributed by atoms with Crippen LogP contribution in [0.15, 0.2) is 103 Å². The Labute approximate surface area is 249 Å². The van der Waals surface area contributed by atoms with Crippen molar-refractivity contribution in [3.8, 4) is 51.0 Å². The third-order valence-corrected chi connectivity index (χ3v) is 5.62. The molecule has 0 saturated carbocycles. The van der Waals surface area contributed by atoms with Gasteiger partial charge in [-0.25, -0.2) is 14.4 Å². The lowest BCUT2D eigenvalue weighted by molar-refractivity contribution is -0.130. The highest BCUT2D eigenvalue weighted by Gasteiger charge is 2.20. The van der Waals surface area contributed by atoms with Gasteiger partial charge in [0.15, 0.2) is 0 Å². The van der Waals surface area contributed by atoms with Gasteiger partial charge in [0.25, 0.3) is 6.47 Å². The molecule has 3 aromatic rings. The highest BCUT2D eigenvalue weighted by molar-refractivity contribution is 5.93. The minimum atomic E-state index is -0.691. The van der Waals surface area contributed by atoms with E-state index >= 15 is 0 Å². The summed E-state index contributed by atoms with van der Waals surface area (Å²) in [5.74, 6) is -0.826. The van der Waals surface area contributed by atoms with Crippen molar-refractivity contribution in [1.82, 2.24) is 0 Å². The van der Waals surface area contributed by atoms with Gasteiger partial charge in [-0.3, -0.25) is 4.79 Å². The number of hydrogen-bond donors (Lipinski definition) is 0. The molecule has 0 aliphatic rings. The highest BCUT2D eigenvalue weighted by Crippen LogP contribution is 2.43. The van der Waals surface area contributed by atoms with Gasteiger partial charge in [-0.1, -0.05) is 32.4 Å². The minimum Gasteiger partial charge on any atom is -0.462 e. The van der Waals surface area contributed by atoms with E-state index in [1.54, 1.807) is 43.3 Å². The Kier molecular flexibility index (Phi) is 10.2. The normalized spacial score (nSPS) is 10.1. The fourth-order valence-corrected chi connectivity index (χ4v) is 3.58. The minimum absolute atomic E-state index is 0.0762. The number of carbonyl (C=O) groups is 4. The molecule has 0 atom stereocenters. The molecule has 0 heterocycles. The van der Waals surface area contributed by atoms with Crippen molar-refractivity contribution in [3.63, 3.8) is 0 Å². The molecule has 0 saturated heterocycles. The number of esters is 3. The number of hydrogen-bond acceptors (Lipinski definition) is 9. The number of allylic oxidation sites excluding steroid dienone is 1. The van der Waals surface area contributed by atoms with Gasteiger partial charge in [-0.15, -0.1) is 0 Å². The largest absolute Gasteiger partial charge is 0.462 e. The molecule has 0 N–H and O–H groups in total. The van der Waals surface area contributed by atoms with Crippen LogP contribution in [0.3, 0.4) is 0 Å². The van der Waals surface area contributed by atoms with E-state index in [1.165, 1.54) is 39.0 Å². The van der Waals surface area contributed by atoms with Crippen LogP contribution >= 0.6 is 0 Å². The Balaban J connectivity index is 2.23. The summed E-state index contributed by atoms with van der Waals surface area (Å²) in [7, 11) is 0. The van der Waals surface area contributed by atoms with Crippen molar-refractivity contribution in [2.45, 2.75) is 27.7 Å². The van der Waals surface area contributed by atoms with Gasteiger partial charge in [-0.2, -0.15) is 0 Å². The second kappa shape index (κ2) is 13.8. The van der Waals surface area contributed by atoms with Crippen molar-refractivity contribution in [3.05, 3.63) is 103 Å². The summed E-state index contributed by atoms with van der Waals surface area (Å²) >= 11 is 0. The summed E-state index contributed by atoms with van der Waals surface area (Å²) in [6.45, 7) is 21.1. The maximum absolute atomic E-state index is 12.7. The van der Waals surface area contributed by atoms with E-state index in [-0.39, 0.29) is 51.9 Å². The molecule has 0 amide bonds. The zero-order valence-corrected chi connectivity index (χ0v) is 24.3. The van der Waals surface area contributed by atoms with Crippen LogP contribution in [0, 0.1) is 0 Å². The summed E-state index contributed by atoms with van der Waals surface area (Å²) < 4.78 is 27.4. The zero-order chi connectivity index (χ0) is 31.8. The average molecular weight is 583 g/mol. The molecule has 220 valence electrons. The molecule has 0 radical (unpaired) electrons. The number of ether oxygens (including phenoxy) is 5. The van der Waals surface area contributed by atoms with Gasteiger partial charge in [0.1, 0.15) is 28.7 Å². The first kappa shape index (κ1) is 31.8. The van der Waals surface area contributed by atoms with E-state index in [2.05, 4.69) is 26.3 Å². The number of carbonyl (C=O) groups excluding carboxylic acids is 4. The molecular weight excluding hydrogens is 552 g/mol. The quantitative estimate of drug-likeness (QED) is 0.0738. The summed E-state index contributed by atoms with van der Waals surface area (Å²) in [6, 6.07) is 14.1. The van der Waals surface area contributed by atoms with Gasteiger partial charge in [0.2, 0.25) is 0 Å². The SMILES string of the molecule is C=C(C)Oc1cc(OC(=O)C(=C)C)ccc1-c1ccc(-c2ccc(OC=O)cc2OC(=O)C(=C)C)cc1OC(=O)C(=C)C. The monoisotopic (exact) mass is 582 g/mol. The molecule has 0 unspecified atom stereocenters. The van der Waals surface area contributed by atoms with Crippen LogP contribution in [0.1, 0.15) is 27.7 Å². The van der Waals surface area contributed by atoms with E-state index in [4.69, 9.17) is 23.7 Å². The third-order valence-electron chi connectivity index (χ3n) is 5.62. The van der Waals surface area contributed by atoms with Crippen LogP contribution in [0.5, 0.6) is 28.7 Å². The highest BCUT2D eigenvalue weighted by atomic mass is 16.5. The van der Waals surface area contributed by atoms with Gasteiger partial charge in [-0.05, 0) is 69.7 Å². The van der Waals surface area contributed by atoms with Crippen LogP contribution in [0.2, 0.25) is 0 Å². The number of rotatable bonds is 12. The molecule has 9 nitrogen and oxygen atoms in total. The first-order valence-electron chi connectivity index (χ1n) is 12.8. The van der Waals surface area contributed by atoms with Crippen LogP contribution in [-0.4, -0.2) is 24.4 Å². The molecule has 3 rings (SSSR count). The predicted molar refractivity (Wildman–Crippen MR) is 161 cm³/mol. The van der Waals surface area contributed by atoms with Crippen molar-refractivity contribution in [1.29, 1.82) is 0 Å².